The molecule has 120 valence electrons. The number of aliphatic hydroxyl groups is 1. The third kappa shape index (κ3) is 2.85. The molecular weight excluding hydrogens is 282 g/mol. The third-order valence-electron chi connectivity index (χ3n) is 5.09. The van der Waals surface area contributed by atoms with Gasteiger partial charge in [-0.25, -0.2) is 0 Å². The summed E-state index contributed by atoms with van der Waals surface area (Å²) in [5, 5.41) is 9.96. The van der Waals surface area contributed by atoms with Gasteiger partial charge in [-0.15, -0.1) is 0 Å². The predicted octanol–water partition coefficient (Wildman–Crippen LogP) is 0.940. The Labute approximate surface area is 130 Å². The Balaban J connectivity index is 1.65. The van der Waals surface area contributed by atoms with E-state index in [4.69, 9.17) is 4.74 Å². The molecule has 1 aromatic heterocycles. The van der Waals surface area contributed by atoms with Gasteiger partial charge in [0.05, 0.1) is 23.4 Å². The highest BCUT2D eigenvalue weighted by molar-refractivity contribution is 5.77. The van der Waals surface area contributed by atoms with Crippen molar-refractivity contribution in [2.45, 2.75) is 56.3 Å². The fourth-order valence-electron chi connectivity index (χ4n) is 3.81. The highest BCUT2D eigenvalue weighted by atomic mass is 16.5. The number of likely N-dealkylation sites (tertiary alicyclic amines) is 1. The van der Waals surface area contributed by atoms with Crippen LogP contribution in [-0.4, -0.2) is 57.3 Å². The molecule has 3 atom stereocenters. The van der Waals surface area contributed by atoms with E-state index in [1.54, 1.807) is 25.7 Å². The van der Waals surface area contributed by atoms with Gasteiger partial charge in [0.25, 0.3) is 0 Å². The van der Waals surface area contributed by atoms with Gasteiger partial charge in [0.15, 0.2) is 0 Å². The van der Waals surface area contributed by atoms with E-state index in [2.05, 4.69) is 9.97 Å². The van der Waals surface area contributed by atoms with Gasteiger partial charge in [0.2, 0.25) is 5.91 Å². The first-order valence-electron chi connectivity index (χ1n) is 7.92. The van der Waals surface area contributed by atoms with Gasteiger partial charge in [-0.3, -0.25) is 14.8 Å². The fourth-order valence-corrected chi connectivity index (χ4v) is 3.81. The first kappa shape index (κ1) is 15.4. The number of ether oxygens (including phenoxy) is 1. The van der Waals surface area contributed by atoms with Gasteiger partial charge in [-0.05, 0) is 32.1 Å². The third-order valence-corrected chi connectivity index (χ3v) is 5.09. The van der Waals surface area contributed by atoms with Crippen LogP contribution in [0.4, 0.5) is 0 Å². The zero-order valence-corrected chi connectivity index (χ0v) is 12.9. The van der Waals surface area contributed by atoms with Crippen LogP contribution in [0, 0.1) is 0 Å². The Morgan fingerprint density at radius 3 is 3.09 bits per heavy atom. The summed E-state index contributed by atoms with van der Waals surface area (Å²) in [7, 11) is 1.72. The van der Waals surface area contributed by atoms with Crippen LogP contribution >= 0.6 is 0 Å². The summed E-state index contributed by atoms with van der Waals surface area (Å²) in [5.74, 6) is 0.115. The van der Waals surface area contributed by atoms with E-state index >= 15 is 0 Å². The molecule has 1 saturated heterocycles. The number of amides is 1. The van der Waals surface area contributed by atoms with Crippen molar-refractivity contribution in [3.05, 3.63) is 24.3 Å². The molecule has 0 aromatic carbocycles. The maximum Gasteiger partial charge on any atom is 0.223 e. The lowest BCUT2D eigenvalue weighted by molar-refractivity contribution is -0.139. The minimum atomic E-state index is -0.332. The summed E-state index contributed by atoms with van der Waals surface area (Å²) in [6.07, 6.45) is 8.70. The predicted molar refractivity (Wildman–Crippen MR) is 80.1 cm³/mol. The molecule has 1 aromatic rings. The number of aromatic nitrogens is 2. The highest BCUT2D eigenvalue weighted by Gasteiger charge is 2.52. The monoisotopic (exact) mass is 305 g/mol. The van der Waals surface area contributed by atoms with E-state index in [9.17, 15) is 9.90 Å². The minimum absolute atomic E-state index is 0.00407. The van der Waals surface area contributed by atoms with E-state index < -0.39 is 0 Å². The Kier molecular flexibility index (Phi) is 4.40. The summed E-state index contributed by atoms with van der Waals surface area (Å²) in [6, 6.07) is -0.00407. The number of hydrogen-bond donors (Lipinski definition) is 1. The molecule has 0 unspecified atom stereocenters. The van der Waals surface area contributed by atoms with Crippen molar-refractivity contribution in [2.75, 3.05) is 13.7 Å². The van der Waals surface area contributed by atoms with Gasteiger partial charge in [0, 0.05) is 38.7 Å². The van der Waals surface area contributed by atoms with E-state index in [0.29, 0.717) is 25.8 Å². The molecule has 6 heteroatoms. The van der Waals surface area contributed by atoms with Crippen molar-refractivity contribution >= 4 is 5.91 Å². The van der Waals surface area contributed by atoms with Crippen LogP contribution in [0.15, 0.2) is 18.6 Å². The number of carbonyl (C=O) groups excluding carboxylic acids is 1. The number of nitrogens with zero attached hydrogens (tertiary/aromatic N) is 3. The SMILES string of the molecule is CO[C@@]12CC[C@H](O)C[C@@H]1N(C(=O)CCc1cnccn1)CC2. The molecule has 1 saturated carbocycles. The van der Waals surface area contributed by atoms with Gasteiger partial charge >= 0.3 is 0 Å². The number of fused-ring (bicyclic) bond motifs is 1. The molecule has 0 bridgehead atoms. The smallest absolute Gasteiger partial charge is 0.223 e. The van der Waals surface area contributed by atoms with Gasteiger partial charge in [-0.1, -0.05) is 0 Å². The molecule has 0 spiro atoms. The molecule has 1 aliphatic carbocycles. The van der Waals surface area contributed by atoms with Crippen molar-refractivity contribution in [2.24, 2.45) is 0 Å². The molecule has 2 aliphatic rings. The summed E-state index contributed by atoms with van der Waals surface area (Å²) >= 11 is 0. The largest absolute Gasteiger partial charge is 0.393 e. The molecule has 2 heterocycles. The van der Waals surface area contributed by atoms with Crippen molar-refractivity contribution < 1.29 is 14.6 Å². The molecule has 1 N–H and O–H groups in total. The van der Waals surface area contributed by atoms with Crippen molar-refractivity contribution in [1.82, 2.24) is 14.9 Å². The summed E-state index contributed by atoms with van der Waals surface area (Å²) in [5.41, 5.74) is 0.568. The van der Waals surface area contributed by atoms with Crippen molar-refractivity contribution in [3.8, 4) is 0 Å². The second kappa shape index (κ2) is 6.30. The maximum atomic E-state index is 12.6. The van der Waals surface area contributed by atoms with Crippen LogP contribution in [0.2, 0.25) is 0 Å². The fraction of sp³-hybridized carbons (Fsp3) is 0.688. The maximum absolute atomic E-state index is 12.6. The second-order valence-corrected chi connectivity index (χ2v) is 6.25. The number of aliphatic hydroxyl groups excluding tert-OH is 1. The molecule has 2 fully saturated rings. The number of hydrogen-bond acceptors (Lipinski definition) is 5. The highest BCUT2D eigenvalue weighted by Crippen LogP contribution is 2.42. The minimum Gasteiger partial charge on any atom is -0.393 e. The first-order valence-corrected chi connectivity index (χ1v) is 7.92. The Hall–Kier alpha value is -1.53. The number of aryl methyl sites for hydroxylation is 1. The quantitative estimate of drug-likeness (QED) is 0.896. The van der Waals surface area contributed by atoms with E-state index in [0.717, 1.165) is 25.0 Å². The van der Waals surface area contributed by atoms with Crippen molar-refractivity contribution in [1.29, 1.82) is 0 Å². The molecule has 0 radical (unpaired) electrons. The van der Waals surface area contributed by atoms with Crippen LogP contribution in [0.3, 0.4) is 0 Å². The van der Waals surface area contributed by atoms with Crippen LogP contribution in [-0.2, 0) is 16.0 Å². The average Bonchev–Trinajstić information content (AvgIpc) is 2.93. The van der Waals surface area contributed by atoms with Crippen molar-refractivity contribution in [3.63, 3.8) is 0 Å². The van der Waals surface area contributed by atoms with Crippen LogP contribution < -0.4 is 0 Å². The van der Waals surface area contributed by atoms with Crippen LogP contribution in [0.25, 0.3) is 0 Å². The topological polar surface area (TPSA) is 75.6 Å². The first-order chi connectivity index (χ1) is 10.6. The molecule has 6 nitrogen and oxygen atoms in total. The lowest BCUT2D eigenvalue weighted by Gasteiger charge is -2.42. The van der Waals surface area contributed by atoms with E-state index in [1.807, 2.05) is 4.90 Å². The molecule has 22 heavy (non-hydrogen) atoms. The lowest BCUT2D eigenvalue weighted by Crippen LogP contribution is -2.52. The van der Waals surface area contributed by atoms with Crippen LogP contribution in [0.1, 0.15) is 37.8 Å². The molecular formula is C16H23N3O3. The molecule has 1 amide bonds. The summed E-state index contributed by atoms with van der Waals surface area (Å²) in [6.45, 7) is 0.713. The van der Waals surface area contributed by atoms with E-state index in [-0.39, 0.29) is 23.7 Å². The second-order valence-electron chi connectivity index (χ2n) is 6.25. The average molecular weight is 305 g/mol. The normalized spacial score (nSPS) is 31.1. The number of methoxy groups -OCH3 is 1. The zero-order valence-electron chi connectivity index (χ0n) is 12.9. The number of rotatable bonds is 4. The summed E-state index contributed by atoms with van der Waals surface area (Å²) in [4.78, 5) is 22.7. The Bertz CT molecular complexity index is 525. The lowest BCUT2D eigenvalue weighted by atomic mass is 9.79. The zero-order chi connectivity index (χ0) is 15.6. The van der Waals surface area contributed by atoms with E-state index in [1.165, 1.54) is 0 Å². The van der Waals surface area contributed by atoms with Crippen LogP contribution in [0.5, 0.6) is 0 Å². The molecule has 1 aliphatic heterocycles. The summed E-state index contributed by atoms with van der Waals surface area (Å²) < 4.78 is 5.77. The number of carbonyl (C=O) groups is 1. The standard InChI is InChI=1S/C16H23N3O3/c1-22-16-5-4-13(20)10-14(16)19(9-6-16)15(21)3-2-12-11-17-7-8-18-12/h7-8,11,13-14,20H,2-6,9-10H2,1H3/t13-,14-,16+/m0/s1. The Morgan fingerprint density at radius 2 is 2.36 bits per heavy atom. The van der Waals surface area contributed by atoms with Gasteiger partial charge in [-0.2, -0.15) is 0 Å². The molecule has 3 rings (SSSR count). The Morgan fingerprint density at radius 1 is 1.50 bits per heavy atom. The van der Waals surface area contributed by atoms with Gasteiger partial charge in [0.1, 0.15) is 0 Å². The van der Waals surface area contributed by atoms with Gasteiger partial charge < -0.3 is 14.7 Å².